The van der Waals surface area contributed by atoms with Crippen LogP contribution in [0.3, 0.4) is 0 Å². The maximum atomic E-state index is 12.3. The minimum Gasteiger partial charge on any atom is -0.352 e. The monoisotopic (exact) mass is 407 g/mol. The molecule has 1 aromatic carbocycles. The molecule has 0 aliphatic carbocycles. The molecule has 6 nitrogen and oxygen atoms in total. The average molecular weight is 407 g/mol. The van der Waals surface area contributed by atoms with Gasteiger partial charge in [-0.25, -0.2) is 0 Å². The molecule has 28 heavy (non-hydrogen) atoms. The zero-order valence-electron chi connectivity index (χ0n) is 17.8. The molecule has 3 amide bonds. The van der Waals surface area contributed by atoms with E-state index in [2.05, 4.69) is 16.0 Å². The normalized spacial score (nSPS) is 13.5. The average Bonchev–Trinajstić information content (AvgIpc) is 2.59. The fourth-order valence-corrected chi connectivity index (χ4v) is 4.57. The van der Waals surface area contributed by atoms with Crippen molar-refractivity contribution in [1.82, 2.24) is 16.0 Å². The lowest BCUT2D eigenvalue weighted by Crippen LogP contribution is -2.48. The fourth-order valence-electron chi connectivity index (χ4n) is 2.82. The van der Waals surface area contributed by atoms with E-state index in [0.29, 0.717) is 6.16 Å². The van der Waals surface area contributed by atoms with Crippen LogP contribution in [0.4, 0.5) is 4.79 Å². The van der Waals surface area contributed by atoms with E-state index < -0.39 is 13.5 Å². The summed E-state index contributed by atoms with van der Waals surface area (Å²) in [5, 5.41) is 8.59. The predicted molar refractivity (Wildman–Crippen MR) is 116 cm³/mol. The van der Waals surface area contributed by atoms with Crippen molar-refractivity contribution in [3.05, 3.63) is 35.9 Å². The van der Waals surface area contributed by atoms with Crippen LogP contribution < -0.4 is 16.0 Å². The first-order valence-corrected chi connectivity index (χ1v) is 11.6. The molecule has 0 aliphatic heterocycles. The highest BCUT2D eigenvalue weighted by molar-refractivity contribution is 7.74. The summed E-state index contributed by atoms with van der Waals surface area (Å²) in [7, 11) is -1.02. The van der Waals surface area contributed by atoms with Crippen LogP contribution in [-0.2, 0) is 16.0 Å². The van der Waals surface area contributed by atoms with Crippen LogP contribution in [0.15, 0.2) is 30.3 Å². The molecule has 1 aromatic rings. The standard InChI is InChI=1S/C21H34N3O3P/c1-15(2)19(26)24-21(4,5)14-28(6)20(27)22-13-18(25)23-16(3)12-17-10-8-7-9-11-17/h7-11,15-16H,12-14H2,1-6H3,(H,22,27)(H,23,25)(H,24,26). The number of carbonyl (C=O) groups is 3. The van der Waals surface area contributed by atoms with Crippen molar-refractivity contribution in [3.63, 3.8) is 0 Å². The minimum absolute atomic E-state index is 0.0138. The fraction of sp³-hybridized carbons (Fsp3) is 0.571. The number of hydrogen-bond donors (Lipinski definition) is 3. The van der Waals surface area contributed by atoms with E-state index in [1.165, 1.54) is 0 Å². The summed E-state index contributed by atoms with van der Waals surface area (Å²) in [6, 6.07) is 9.93. The van der Waals surface area contributed by atoms with E-state index in [4.69, 9.17) is 0 Å². The van der Waals surface area contributed by atoms with Crippen molar-refractivity contribution in [2.24, 2.45) is 5.92 Å². The number of rotatable bonds is 10. The molecule has 0 fully saturated rings. The van der Waals surface area contributed by atoms with Crippen molar-refractivity contribution < 1.29 is 14.4 Å². The molecular formula is C21H34N3O3P. The molecule has 0 aliphatic rings. The maximum Gasteiger partial charge on any atom is 0.241 e. The largest absolute Gasteiger partial charge is 0.352 e. The van der Waals surface area contributed by atoms with Gasteiger partial charge < -0.3 is 16.0 Å². The SMILES string of the molecule is CC(Cc1ccccc1)NC(=O)CNC(=O)P(C)CC(C)(C)NC(=O)C(C)C. The Morgan fingerprint density at radius 1 is 1.07 bits per heavy atom. The first-order valence-electron chi connectivity index (χ1n) is 9.64. The summed E-state index contributed by atoms with van der Waals surface area (Å²) in [5.74, 6) is -0.328. The molecule has 0 spiro atoms. The Hall–Kier alpha value is -1.94. The van der Waals surface area contributed by atoms with Crippen LogP contribution >= 0.6 is 7.92 Å². The Morgan fingerprint density at radius 2 is 1.68 bits per heavy atom. The summed E-state index contributed by atoms with van der Waals surface area (Å²) in [6.07, 6.45) is 1.30. The lowest BCUT2D eigenvalue weighted by atomic mass is 10.1. The summed E-state index contributed by atoms with van der Waals surface area (Å²) in [6.45, 7) is 11.3. The van der Waals surface area contributed by atoms with Crippen molar-refractivity contribution in [2.75, 3.05) is 19.4 Å². The van der Waals surface area contributed by atoms with Gasteiger partial charge in [0.1, 0.15) is 0 Å². The van der Waals surface area contributed by atoms with E-state index >= 15 is 0 Å². The van der Waals surface area contributed by atoms with Gasteiger partial charge in [0, 0.05) is 17.5 Å². The minimum atomic E-state index is -1.02. The highest BCUT2D eigenvalue weighted by Gasteiger charge is 2.27. The van der Waals surface area contributed by atoms with Gasteiger partial charge in [-0.2, -0.15) is 0 Å². The van der Waals surface area contributed by atoms with E-state index in [1.807, 2.05) is 71.6 Å². The molecule has 1 rings (SSSR count). The smallest absolute Gasteiger partial charge is 0.241 e. The Labute approximate surface area is 170 Å². The van der Waals surface area contributed by atoms with Gasteiger partial charge in [0.25, 0.3) is 0 Å². The van der Waals surface area contributed by atoms with Crippen LogP contribution in [-0.4, -0.2) is 48.4 Å². The van der Waals surface area contributed by atoms with Gasteiger partial charge >= 0.3 is 0 Å². The Kier molecular flexibility index (Phi) is 9.60. The molecular weight excluding hydrogens is 373 g/mol. The lowest BCUT2D eigenvalue weighted by Gasteiger charge is -2.29. The third-order valence-corrected chi connectivity index (χ3v) is 6.27. The topological polar surface area (TPSA) is 87.3 Å². The van der Waals surface area contributed by atoms with Gasteiger partial charge in [-0.1, -0.05) is 44.2 Å². The highest BCUT2D eigenvalue weighted by atomic mass is 31.1. The van der Waals surface area contributed by atoms with Crippen molar-refractivity contribution in [3.8, 4) is 0 Å². The number of benzene rings is 1. The quantitative estimate of drug-likeness (QED) is 0.521. The van der Waals surface area contributed by atoms with E-state index in [9.17, 15) is 14.4 Å². The summed E-state index contributed by atoms with van der Waals surface area (Å²) >= 11 is 0. The summed E-state index contributed by atoms with van der Waals surface area (Å²) < 4.78 is 0. The predicted octanol–water partition coefficient (Wildman–Crippen LogP) is 3.11. The van der Waals surface area contributed by atoms with Crippen LogP contribution in [0.25, 0.3) is 0 Å². The van der Waals surface area contributed by atoms with Crippen LogP contribution in [0.2, 0.25) is 0 Å². The summed E-state index contributed by atoms with van der Waals surface area (Å²) in [5.41, 5.74) is 0.556. The third kappa shape index (κ3) is 9.32. The molecule has 2 unspecified atom stereocenters. The molecule has 0 bridgehead atoms. The molecule has 0 saturated heterocycles. The number of hydrogen-bond acceptors (Lipinski definition) is 3. The van der Waals surface area contributed by atoms with E-state index in [0.717, 1.165) is 12.0 Å². The molecule has 0 saturated carbocycles. The van der Waals surface area contributed by atoms with E-state index in [1.54, 1.807) is 0 Å². The van der Waals surface area contributed by atoms with Gasteiger partial charge in [0.15, 0.2) is 0 Å². The Balaban J connectivity index is 2.39. The molecule has 156 valence electrons. The highest BCUT2D eigenvalue weighted by Crippen LogP contribution is 2.35. The number of carbonyl (C=O) groups excluding carboxylic acids is 3. The molecule has 2 atom stereocenters. The number of amides is 3. The first-order chi connectivity index (χ1) is 13.0. The van der Waals surface area contributed by atoms with Crippen LogP contribution in [0, 0.1) is 5.92 Å². The zero-order chi connectivity index (χ0) is 21.3. The zero-order valence-corrected chi connectivity index (χ0v) is 18.7. The maximum absolute atomic E-state index is 12.3. The van der Waals surface area contributed by atoms with Gasteiger partial charge in [0.2, 0.25) is 17.5 Å². The lowest BCUT2D eigenvalue weighted by molar-refractivity contribution is -0.125. The van der Waals surface area contributed by atoms with E-state index in [-0.39, 0.29) is 36.0 Å². The Bertz CT molecular complexity index is 662. The van der Waals surface area contributed by atoms with Crippen LogP contribution in [0.5, 0.6) is 0 Å². The number of nitrogens with one attached hydrogen (secondary N) is 3. The molecule has 3 N–H and O–H groups in total. The van der Waals surface area contributed by atoms with Gasteiger partial charge in [-0.3, -0.25) is 14.4 Å². The second kappa shape index (κ2) is 11.2. The molecule has 0 heterocycles. The van der Waals surface area contributed by atoms with Crippen LogP contribution in [0.1, 0.15) is 40.2 Å². The third-order valence-electron chi connectivity index (χ3n) is 4.16. The van der Waals surface area contributed by atoms with Gasteiger partial charge in [-0.05, 0) is 53.5 Å². The van der Waals surface area contributed by atoms with Crippen molar-refractivity contribution >= 4 is 25.4 Å². The second-order valence-electron chi connectivity index (χ2n) is 8.20. The molecule has 0 radical (unpaired) electrons. The molecule has 0 aromatic heterocycles. The van der Waals surface area contributed by atoms with Gasteiger partial charge in [0.05, 0.1) is 6.54 Å². The first kappa shape index (κ1) is 24.1. The van der Waals surface area contributed by atoms with Crippen molar-refractivity contribution in [2.45, 2.75) is 52.6 Å². The summed E-state index contributed by atoms with van der Waals surface area (Å²) in [4.78, 5) is 36.3. The van der Waals surface area contributed by atoms with Gasteiger partial charge in [-0.15, -0.1) is 0 Å². The Morgan fingerprint density at radius 3 is 2.25 bits per heavy atom. The van der Waals surface area contributed by atoms with Crippen molar-refractivity contribution in [1.29, 1.82) is 0 Å². The molecule has 7 heteroatoms. The second-order valence-corrected chi connectivity index (χ2v) is 10.3.